The second-order valence-corrected chi connectivity index (χ2v) is 6.60. The van der Waals surface area contributed by atoms with Gasteiger partial charge in [0.25, 0.3) is 0 Å². The maximum atomic E-state index is 11.6. The van der Waals surface area contributed by atoms with E-state index in [1.807, 2.05) is 13.8 Å². The van der Waals surface area contributed by atoms with E-state index < -0.39 is 11.8 Å². The molecule has 1 saturated heterocycles. The summed E-state index contributed by atoms with van der Waals surface area (Å²) in [4.78, 5) is 25.7. The fourth-order valence-corrected chi connectivity index (χ4v) is 3.27. The lowest BCUT2D eigenvalue weighted by Crippen LogP contribution is -2.48. The fraction of sp³-hybridized carbons (Fsp3) is 0.875. The molecule has 0 bridgehead atoms. The van der Waals surface area contributed by atoms with Gasteiger partial charge < -0.3 is 15.4 Å². The zero-order valence-electron chi connectivity index (χ0n) is 13.8. The Kier molecular flexibility index (Phi) is 6.64. The minimum absolute atomic E-state index is 0.0279. The van der Waals surface area contributed by atoms with Gasteiger partial charge in [0.2, 0.25) is 0 Å². The van der Waals surface area contributed by atoms with Gasteiger partial charge in [-0.05, 0) is 33.1 Å². The number of carbonyl (C=O) groups is 2. The molecule has 2 aliphatic rings. The molecule has 0 radical (unpaired) electrons. The van der Waals surface area contributed by atoms with Crippen LogP contribution in [0.5, 0.6) is 0 Å². The summed E-state index contributed by atoms with van der Waals surface area (Å²) in [5.41, 5.74) is 0. The molecule has 0 aromatic heterocycles. The Balaban J connectivity index is 1.65. The molecule has 1 saturated carbocycles. The number of carbonyl (C=O) groups excluding carboxylic acids is 2. The standard InChI is InChI=1S/C16H29N3O3/c1-12(2)18-16(21)15(20)17-8-7-14-11-19(9-10-22-14)13-5-3-4-6-13/h12-14H,3-11H2,1-2H3,(H,17,20)(H,18,21). The number of rotatable bonds is 5. The molecule has 1 unspecified atom stereocenters. The maximum absolute atomic E-state index is 11.6. The van der Waals surface area contributed by atoms with E-state index in [1.165, 1.54) is 25.7 Å². The van der Waals surface area contributed by atoms with Crippen molar-refractivity contribution in [1.82, 2.24) is 15.5 Å². The monoisotopic (exact) mass is 311 g/mol. The summed E-state index contributed by atoms with van der Waals surface area (Å²) in [6.07, 6.45) is 6.20. The van der Waals surface area contributed by atoms with Crippen LogP contribution in [0, 0.1) is 0 Å². The summed E-state index contributed by atoms with van der Waals surface area (Å²) < 4.78 is 5.78. The van der Waals surface area contributed by atoms with Crippen molar-refractivity contribution in [2.45, 2.75) is 64.1 Å². The van der Waals surface area contributed by atoms with E-state index >= 15 is 0 Å². The van der Waals surface area contributed by atoms with Gasteiger partial charge in [-0.3, -0.25) is 14.5 Å². The van der Waals surface area contributed by atoms with E-state index in [9.17, 15) is 9.59 Å². The molecule has 1 aliphatic heterocycles. The minimum Gasteiger partial charge on any atom is -0.375 e. The first-order chi connectivity index (χ1) is 10.6. The molecule has 2 fully saturated rings. The predicted octanol–water partition coefficient (Wildman–Crippen LogP) is 0.661. The zero-order chi connectivity index (χ0) is 15.9. The summed E-state index contributed by atoms with van der Waals surface area (Å²) in [5, 5.41) is 5.25. The summed E-state index contributed by atoms with van der Waals surface area (Å²) >= 11 is 0. The second-order valence-electron chi connectivity index (χ2n) is 6.60. The molecule has 6 heteroatoms. The first-order valence-electron chi connectivity index (χ1n) is 8.50. The molecule has 0 aromatic rings. The quantitative estimate of drug-likeness (QED) is 0.732. The van der Waals surface area contributed by atoms with Crippen molar-refractivity contribution < 1.29 is 14.3 Å². The topological polar surface area (TPSA) is 70.7 Å². The van der Waals surface area contributed by atoms with E-state index in [-0.39, 0.29) is 12.1 Å². The van der Waals surface area contributed by atoms with Crippen molar-refractivity contribution in [3.05, 3.63) is 0 Å². The lowest BCUT2D eigenvalue weighted by Gasteiger charge is -2.36. The highest BCUT2D eigenvalue weighted by Crippen LogP contribution is 2.25. The van der Waals surface area contributed by atoms with E-state index in [1.54, 1.807) is 0 Å². The first-order valence-corrected chi connectivity index (χ1v) is 8.50. The van der Waals surface area contributed by atoms with Crippen LogP contribution in [-0.2, 0) is 14.3 Å². The molecule has 2 N–H and O–H groups in total. The van der Waals surface area contributed by atoms with Crippen LogP contribution in [0.15, 0.2) is 0 Å². The number of morpholine rings is 1. The largest absolute Gasteiger partial charge is 0.375 e. The third-order valence-corrected chi connectivity index (χ3v) is 4.39. The van der Waals surface area contributed by atoms with Gasteiger partial charge in [-0.1, -0.05) is 12.8 Å². The van der Waals surface area contributed by atoms with Crippen molar-refractivity contribution >= 4 is 11.8 Å². The second kappa shape index (κ2) is 8.48. The van der Waals surface area contributed by atoms with Gasteiger partial charge in [0, 0.05) is 31.7 Å². The van der Waals surface area contributed by atoms with Gasteiger partial charge in [-0.15, -0.1) is 0 Å². The molecule has 0 spiro atoms. The zero-order valence-corrected chi connectivity index (χ0v) is 13.8. The van der Waals surface area contributed by atoms with Gasteiger partial charge in [-0.25, -0.2) is 0 Å². The van der Waals surface area contributed by atoms with Crippen LogP contribution in [-0.4, -0.2) is 61.1 Å². The minimum atomic E-state index is -0.563. The van der Waals surface area contributed by atoms with Crippen LogP contribution in [0.3, 0.4) is 0 Å². The molecule has 6 nitrogen and oxygen atoms in total. The predicted molar refractivity (Wildman–Crippen MR) is 84.5 cm³/mol. The lowest BCUT2D eigenvalue weighted by atomic mass is 10.1. The first kappa shape index (κ1) is 17.2. The smallest absolute Gasteiger partial charge is 0.309 e. The average Bonchev–Trinajstić information content (AvgIpc) is 3.01. The number of nitrogens with one attached hydrogen (secondary N) is 2. The van der Waals surface area contributed by atoms with Gasteiger partial charge in [-0.2, -0.15) is 0 Å². The van der Waals surface area contributed by atoms with Gasteiger partial charge in [0.15, 0.2) is 0 Å². The Bertz CT molecular complexity index is 381. The fourth-order valence-electron chi connectivity index (χ4n) is 3.27. The highest BCUT2D eigenvalue weighted by atomic mass is 16.5. The summed E-state index contributed by atoms with van der Waals surface area (Å²) in [6, 6.07) is 0.692. The number of hydrogen-bond donors (Lipinski definition) is 2. The van der Waals surface area contributed by atoms with E-state index in [4.69, 9.17) is 4.74 Å². The Morgan fingerprint density at radius 1 is 1.23 bits per heavy atom. The van der Waals surface area contributed by atoms with Gasteiger partial charge in [0.05, 0.1) is 12.7 Å². The van der Waals surface area contributed by atoms with Crippen molar-refractivity contribution in [1.29, 1.82) is 0 Å². The molecular weight excluding hydrogens is 282 g/mol. The normalized spacial score (nSPS) is 23.7. The van der Waals surface area contributed by atoms with Crippen molar-refractivity contribution in [3.8, 4) is 0 Å². The molecule has 126 valence electrons. The number of nitrogens with zero attached hydrogens (tertiary/aromatic N) is 1. The molecule has 2 amide bonds. The van der Waals surface area contributed by atoms with Crippen molar-refractivity contribution in [3.63, 3.8) is 0 Å². The maximum Gasteiger partial charge on any atom is 0.309 e. The molecule has 0 aromatic carbocycles. The van der Waals surface area contributed by atoms with Gasteiger partial charge in [0.1, 0.15) is 0 Å². The molecule has 1 aliphatic carbocycles. The van der Waals surface area contributed by atoms with Crippen LogP contribution < -0.4 is 10.6 Å². The van der Waals surface area contributed by atoms with E-state index in [2.05, 4.69) is 15.5 Å². The average molecular weight is 311 g/mol. The number of amides is 2. The number of ether oxygens (including phenoxy) is 1. The Labute approximate surface area is 132 Å². The molecular formula is C16H29N3O3. The Morgan fingerprint density at radius 2 is 1.95 bits per heavy atom. The van der Waals surface area contributed by atoms with Crippen LogP contribution >= 0.6 is 0 Å². The lowest BCUT2D eigenvalue weighted by molar-refractivity contribution is -0.139. The highest BCUT2D eigenvalue weighted by molar-refractivity contribution is 6.35. The highest BCUT2D eigenvalue weighted by Gasteiger charge is 2.28. The summed E-state index contributed by atoms with van der Waals surface area (Å²) in [5.74, 6) is -1.12. The molecule has 1 atom stereocenters. The van der Waals surface area contributed by atoms with E-state index in [0.717, 1.165) is 32.2 Å². The van der Waals surface area contributed by atoms with Crippen LogP contribution in [0.25, 0.3) is 0 Å². The molecule has 2 rings (SSSR count). The Morgan fingerprint density at radius 3 is 2.64 bits per heavy atom. The van der Waals surface area contributed by atoms with Crippen LogP contribution in [0.2, 0.25) is 0 Å². The molecule has 22 heavy (non-hydrogen) atoms. The number of hydrogen-bond acceptors (Lipinski definition) is 4. The molecule has 1 heterocycles. The van der Waals surface area contributed by atoms with E-state index in [0.29, 0.717) is 6.54 Å². The van der Waals surface area contributed by atoms with Crippen LogP contribution in [0.4, 0.5) is 0 Å². The summed E-state index contributed by atoms with van der Waals surface area (Å²) in [7, 11) is 0. The van der Waals surface area contributed by atoms with Crippen LogP contribution in [0.1, 0.15) is 46.0 Å². The summed E-state index contributed by atoms with van der Waals surface area (Å²) in [6.45, 7) is 6.87. The van der Waals surface area contributed by atoms with Crippen molar-refractivity contribution in [2.75, 3.05) is 26.2 Å². The van der Waals surface area contributed by atoms with Gasteiger partial charge >= 0.3 is 11.8 Å². The van der Waals surface area contributed by atoms with Crippen molar-refractivity contribution in [2.24, 2.45) is 0 Å². The Hall–Kier alpha value is -1.14. The SMILES string of the molecule is CC(C)NC(=O)C(=O)NCCC1CN(C2CCCC2)CCO1. The third kappa shape index (κ3) is 5.25. The third-order valence-electron chi connectivity index (χ3n) is 4.39.